The maximum atomic E-state index is 5.80. The van der Waals surface area contributed by atoms with Crippen molar-refractivity contribution in [1.29, 1.82) is 0 Å². The van der Waals surface area contributed by atoms with E-state index < -0.39 is 8.07 Å². The average Bonchev–Trinajstić information content (AvgIpc) is 3.80. The molecule has 0 fully saturated rings. The molecule has 2 aliphatic rings. The van der Waals surface area contributed by atoms with E-state index in [1.54, 1.807) is 0 Å². The molecule has 0 bridgehead atoms. The van der Waals surface area contributed by atoms with Crippen molar-refractivity contribution in [3.8, 4) is 39.6 Å². The summed E-state index contributed by atoms with van der Waals surface area (Å²) >= 11 is 0. The Hall–Kier alpha value is -6.36. The number of hydrogen-bond acceptors (Lipinski definition) is 2. The van der Waals surface area contributed by atoms with Crippen molar-refractivity contribution < 1.29 is 0 Å². The first-order chi connectivity index (χ1) is 26.1. The van der Waals surface area contributed by atoms with E-state index in [0.717, 1.165) is 28.4 Å². The molecular weight excluding hydrogens is 659 g/mol. The van der Waals surface area contributed by atoms with E-state index in [4.69, 9.17) is 9.97 Å². The predicted octanol–water partition coefficient (Wildman–Crippen LogP) is 8.90. The first kappa shape index (κ1) is 30.3. The van der Waals surface area contributed by atoms with Crippen LogP contribution in [0, 0.1) is 0 Å². The van der Waals surface area contributed by atoms with E-state index in [2.05, 4.69) is 194 Å². The Balaban J connectivity index is 1.39. The van der Waals surface area contributed by atoms with Gasteiger partial charge in [-0.15, -0.1) is 0 Å². The van der Waals surface area contributed by atoms with Crippen LogP contribution in [-0.2, 0) is 5.41 Å². The van der Waals surface area contributed by atoms with Crippen molar-refractivity contribution >= 4 is 50.6 Å². The van der Waals surface area contributed by atoms with E-state index in [1.165, 1.54) is 64.9 Å². The van der Waals surface area contributed by atoms with Crippen LogP contribution in [0.1, 0.15) is 25.0 Å². The largest absolute Gasteiger partial charge is 0.293 e. The molecular formula is C49H35N3Si. The van der Waals surface area contributed by atoms with Crippen LogP contribution in [-0.4, -0.2) is 22.6 Å². The summed E-state index contributed by atoms with van der Waals surface area (Å²) in [5.74, 6) is 1.71. The Labute approximate surface area is 309 Å². The molecule has 11 rings (SSSR count). The lowest BCUT2D eigenvalue weighted by Gasteiger charge is -2.32. The molecule has 0 N–H and O–H groups in total. The lowest BCUT2D eigenvalue weighted by atomic mass is 9.81. The molecule has 0 amide bonds. The van der Waals surface area contributed by atoms with Crippen molar-refractivity contribution in [2.75, 3.05) is 0 Å². The minimum atomic E-state index is -3.00. The minimum absolute atomic E-state index is 0.230. The molecule has 9 aromatic rings. The van der Waals surface area contributed by atoms with Crippen molar-refractivity contribution in [3.05, 3.63) is 187 Å². The van der Waals surface area contributed by atoms with Crippen molar-refractivity contribution in [2.24, 2.45) is 0 Å². The molecule has 0 radical (unpaired) electrons. The molecule has 0 saturated carbocycles. The number of aromatic nitrogens is 3. The van der Waals surface area contributed by atoms with E-state index in [9.17, 15) is 0 Å². The zero-order chi connectivity index (χ0) is 35.3. The van der Waals surface area contributed by atoms with Crippen molar-refractivity contribution in [2.45, 2.75) is 19.3 Å². The van der Waals surface area contributed by atoms with Crippen LogP contribution in [0.4, 0.5) is 0 Å². The van der Waals surface area contributed by atoms with Gasteiger partial charge in [-0.05, 0) is 43.9 Å². The molecule has 7 aromatic carbocycles. The van der Waals surface area contributed by atoms with Crippen LogP contribution in [0.25, 0.3) is 61.4 Å². The molecule has 1 aliphatic heterocycles. The Morgan fingerprint density at radius 2 is 1.11 bits per heavy atom. The van der Waals surface area contributed by atoms with Crippen LogP contribution >= 0.6 is 0 Å². The number of hydrogen-bond donors (Lipinski definition) is 0. The molecule has 3 heterocycles. The molecule has 0 atom stereocenters. The van der Waals surface area contributed by atoms with Gasteiger partial charge in [0, 0.05) is 32.5 Å². The number of fused-ring (bicyclic) bond motifs is 10. The highest BCUT2D eigenvalue weighted by Gasteiger charge is 2.52. The van der Waals surface area contributed by atoms with Crippen LogP contribution in [0.15, 0.2) is 176 Å². The third-order valence-electron chi connectivity index (χ3n) is 11.9. The minimum Gasteiger partial charge on any atom is -0.293 e. The lowest BCUT2D eigenvalue weighted by Crippen LogP contribution is -2.73. The van der Waals surface area contributed by atoms with Crippen LogP contribution in [0.2, 0.25) is 0 Å². The summed E-state index contributed by atoms with van der Waals surface area (Å²) in [7, 11) is -3.00. The van der Waals surface area contributed by atoms with Crippen LogP contribution in [0.5, 0.6) is 0 Å². The van der Waals surface area contributed by atoms with Gasteiger partial charge in [0.15, 0.2) is 13.9 Å². The van der Waals surface area contributed by atoms with Gasteiger partial charge in [-0.3, -0.25) is 4.57 Å². The van der Waals surface area contributed by atoms with Gasteiger partial charge in [-0.25, -0.2) is 9.97 Å². The fraction of sp³-hybridized carbons (Fsp3) is 0.0612. The van der Waals surface area contributed by atoms with E-state index in [-0.39, 0.29) is 5.41 Å². The van der Waals surface area contributed by atoms with Gasteiger partial charge in [-0.1, -0.05) is 184 Å². The summed E-state index contributed by atoms with van der Waals surface area (Å²) in [4.78, 5) is 11.4. The van der Waals surface area contributed by atoms with Gasteiger partial charge in [0.25, 0.3) is 0 Å². The molecule has 1 aliphatic carbocycles. The second-order valence-corrected chi connectivity index (χ2v) is 18.6. The summed E-state index contributed by atoms with van der Waals surface area (Å²) in [5.41, 5.74) is 10.7. The third kappa shape index (κ3) is 3.99. The Morgan fingerprint density at radius 1 is 0.509 bits per heavy atom. The van der Waals surface area contributed by atoms with Gasteiger partial charge in [0.05, 0.1) is 16.7 Å². The second kappa shape index (κ2) is 11.1. The van der Waals surface area contributed by atoms with E-state index in [0.29, 0.717) is 0 Å². The normalized spacial score (nSPS) is 14.5. The zero-order valence-electron chi connectivity index (χ0n) is 29.6. The van der Waals surface area contributed by atoms with Crippen molar-refractivity contribution in [1.82, 2.24) is 14.5 Å². The highest BCUT2D eigenvalue weighted by atomic mass is 28.3. The Bertz CT molecular complexity index is 2870. The summed E-state index contributed by atoms with van der Waals surface area (Å²) < 4.78 is 2.53. The number of rotatable bonds is 4. The second-order valence-electron chi connectivity index (χ2n) is 14.9. The fourth-order valence-corrected chi connectivity index (χ4v) is 14.9. The highest BCUT2D eigenvalue weighted by molar-refractivity contribution is 7.22. The first-order valence-corrected chi connectivity index (χ1v) is 20.4. The maximum Gasteiger partial charge on any atom is 0.187 e. The Kier molecular flexibility index (Phi) is 6.32. The van der Waals surface area contributed by atoms with Gasteiger partial charge in [-0.2, -0.15) is 0 Å². The third-order valence-corrected chi connectivity index (χ3v) is 16.7. The van der Waals surface area contributed by atoms with E-state index in [1.807, 2.05) is 0 Å². The molecule has 0 spiro atoms. The maximum absolute atomic E-state index is 5.80. The molecule has 3 nitrogen and oxygen atoms in total. The fourth-order valence-electron chi connectivity index (χ4n) is 9.69. The van der Waals surface area contributed by atoms with E-state index >= 15 is 0 Å². The summed E-state index contributed by atoms with van der Waals surface area (Å²) in [6.07, 6.45) is 0. The summed E-state index contributed by atoms with van der Waals surface area (Å²) in [6.45, 7) is 4.78. The molecule has 53 heavy (non-hydrogen) atoms. The van der Waals surface area contributed by atoms with Crippen LogP contribution in [0.3, 0.4) is 0 Å². The molecule has 0 unspecified atom stereocenters. The lowest BCUT2D eigenvalue weighted by molar-refractivity contribution is 0.663. The summed E-state index contributed by atoms with van der Waals surface area (Å²) in [6, 6.07) is 64.4. The quantitative estimate of drug-likeness (QED) is 0.173. The van der Waals surface area contributed by atoms with Gasteiger partial charge >= 0.3 is 0 Å². The predicted molar refractivity (Wildman–Crippen MR) is 222 cm³/mol. The molecule has 2 aromatic heterocycles. The molecule has 4 heteroatoms. The number of nitrogens with zero attached hydrogens (tertiary/aromatic N) is 3. The highest BCUT2D eigenvalue weighted by Crippen LogP contribution is 2.53. The molecule has 250 valence electrons. The molecule has 0 saturated heterocycles. The van der Waals surface area contributed by atoms with Gasteiger partial charge in [0.1, 0.15) is 5.82 Å². The van der Waals surface area contributed by atoms with Crippen molar-refractivity contribution in [3.63, 3.8) is 0 Å². The number of benzene rings is 7. The van der Waals surface area contributed by atoms with Crippen LogP contribution < -0.4 is 20.7 Å². The van der Waals surface area contributed by atoms with Gasteiger partial charge < -0.3 is 0 Å². The Morgan fingerprint density at radius 3 is 1.85 bits per heavy atom. The monoisotopic (exact) mass is 693 g/mol. The average molecular weight is 694 g/mol. The topological polar surface area (TPSA) is 30.7 Å². The van der Waals surface area contributed by atoms with Gasteiger partial charge in [0.2, 0.25) is 0 Å². The SMILES string of the molecule is CC1(C)c2ccccc2-c2ccc3c4ccccc4n(-c4nc(-c5ccccc5)nc5c4[Si](c4ccccc4)(c4ccccc4)c4ccccc4-5)c3c21. The zero-order valence-corrected chi connectivity index (χ0v) is 30.6. The smallest absolute Gasteiger partial charge is 0.187 e. The number of para-hydroxylation sites is 1. The standard InChI is InChI=1S/C49H35N3Si/c1-49(2)40-27-15-12-24-35(40)37-30-31-38-36-25-13-16-28-41(36)52(45(38)43(37)49)48-46-44(50-47(51-48)32-18-6-3-7-19-32)39-26-14-17-29-42(39)53(46,33-20-8-4-9-21-33)34-22-10-5-11-23-34/h3-31H,1-2H3. The first-order valence-electron chi connectivity index (χ1n) is 18.4. The summed E-state index contributed by atoms with van der Waals surface area (Å²) in [5, 5.41) is 7.72.